The molecule has 11 heteroatoms. The van der Waals surface area contributed by atoms with Crippen LogP contribution in [0.1, 0.15) is 38.4 Å². The molecule has 0 spiro atoms. The first-order valence-corrected chi connectivity index (χ1v) is 11.6. The van der Waals surface area contributed by atoms with Gasteiger partial charge in [0.1, 0.15) is 12.2 Å². The lowest BCUT2D eigenvalue weighted by Gasteiger charge is -2.15. The number of H-pyrrole nitrogens is 1. The lowest BCUT2D eigenvalue weighted by molar-refractivity contribution is -0.116. The van der Waals surface area contributed by atoms with Gasteiger partial charge >= 0.3 is 0 Å². The van der Waals surface area contributed by atoms with E-state index in [-0.39, 0.29) is 17.2 Å². The summed E-state index contributed by atoms with van der Waals surface area (Å²) in [6.45, 7) is 3.94. The molecule has 1 amide bonds. The zero-order chi connectivity index (χ0) is 21.1. The molecule has 1 aliphatic rings. The van der Waals surface area contributed by atoms with Crippen molar-refractivity contribution in [3.05, 3.63) is 30.4 Å². The van der Waals surface area contributed by atoms with Crippen LogP contribution in [0.15, 0.2) is 29.4 Å². The maximum absolute atomic E-state index is 12.9. The fraction of sp³-hybridized carbons (Fsp3) is 0.474. The van der Waals surface area contributed by atoms with Gasteiger partial charge in [-0.1, -0.05) is 6.92 Å². The number of anilines is 1. The van der Waals surface area contributed by atoms with E-state index in [9.17, 15) is 13.2 Å². The molecule has 0 aliphatic carbocycles. The van der Waals surface area contributed by atoms with E-state index in [4.69, 9.17) is 0 Å². The van der Waals surface area contributed by atoms with Gasteiger partial charge in [0.25, 0.3) is 0 Å². The number of benzene rings is 1. The molecule has 1 aliphatic heterocycles. The van der Waals surface area contributed by atoms with Crippen LogP contribution in [0.25, 0.3) is 11.0 Å². The zero-order valence-electron chi connectivity index (χ0n) is 16.8. The number of aromatic nitrogens is 5. The third-order valence-corrected chi connectivity index (χ3v) is 7.09. The van der Waals surface area contributed by atoms with Crippen molar-refractivity contribution in [2.45, 2.75) is 50.5 Å². The summed E-state index contributed by atoms with van der Waals surface area (Å²) in [6.07, 6.45) is 4.68. The summed E-state index contributed by atoms with van der Waals surface area (Å²) in [7, 11) is -3.50. The van der Waals surface area contributed by atoms with Gasteiger partial charge in [-0.05, 0) is 37.5 Å². The number of aryl methyl sites for hydroxylation is 2. The molecule has 1 fully saturated rings. The van der Waals surface area contributed by atoms with Gasteiger partial charge in [0.2, 0.25) is 21.9 Å². The van der Waals surface area contributed by atoms with E-state index >= 15 is 0 Å². The zero-order valence-corrected chi connectivity index (χ0v) is 17.7. The summed E-state index contributed by atoms with van der Waals surface area (Å²) < 4.78 is 29.4. The van der Waals surface area contributed by atoms with Crippen LogP contribution in [0.4, 0.5) is 5.95 Å². The van der Waals surface area contributed by atoms with Crippen LogP contribution in [-0.2, 0) is 27.8 Å². The number of imidazole rings is 1. The Hall–Kier alpha value is -2.79. The first kappa shape index (κ1) is 20.5. The van der Waals surface area contributed by atoms with Crippen LogP contribution in [0.3, 0.4) is 0 Å². The summed E-state index contributed by atoms with van der Waals surface area (Å²) >= 11 is 0. The molecule has 4 rings (SSSR count). The molecular weight excluding hydrogens is 406 g/mol. The van der Waals surface area contributed by atoms with Crippen LogP contribution in [0.2, 0.25) is 0 Å². The van der Waals surface area contributed by atoms with Crippen molar-refractivity contribution in [2.24, 2.45) is 0 Å². The van der Waals surface area contributed by atoms with Crippen molar-refractivity contribution >= 4 is 32.9 Å². The molecule has 30 heavy (non-hydrogen) atoms. The number of hydrogen-bond donors (Lipinski definition) is 2. The number of carbonyl (C=O) groups is 1. The number of aromatic amines is 1. The van der Waals surface area contributed by atoms with E-state index in [1.165, 1.54) is 10.6 Å². The average molecular weight is 432 g/mol. The maximum atomic E-state index is 12.9. The lowest BCUT2D eigenvalue weighted by atomic mass is 10.2. The number of rotatable bonds is 8. The molecule has 1 saturated heterocycles. The Morgan fingerprint density at radius 2 is 2.07 bits per heavy atom. The van der Waals surface area contributed by atoms with Crippen molar-refractivity contribution in [3.63, 3.8) is 0 Å². The van der Waals surface area contributed by atoms with Crippen molar-refractivity contribution in [3.8, 4) is 0 Å². The maximum Gasteiger partial charge on any atom is 0.243 e. The highest BCUT2D eigenvalue weighted by atomic mass is 32.2. The first-order valence-electron chi connectivity index (χ1n) is 10.1. The van der Waals surface area contributed by atoms with Gasteiger partial charge in [0.15, 0.2) is 0 Å². The monoisotopic (exact) mass is 431 g/mol. The van der Waals surface area contributed by atoms with Gasteiger partial charge < -0.3 is 4.57 Å². The van der Waals surface area contributed by atoms with Crippen LogP contribution >= 0.6 is 0 Å². The number of carbonyl (C=O) groups excluding carboxylic acids is 1. The molecule has 1 aromatic carbocycles. The Kier molecular flexibility index (Phi) is 5.82. The predicted molar refractivity (Wildman–Crippen MR) is 111 cm³/mol. The van der Waals surface area contributed by atoms with Crippen LogP contribution in [0, 0.1) is 0 Å². The van der Waals surface area contributed by atoms with E-state index in [1.54, 1.807) is 12.1 Å². The SMILES string of the molecule is CCCn1c(CCC(=O)Nc2ncn[nH]2)nc2cc(S(=O)(=O)N3CCCC3)ccc21. The Morgan fingerprint density at radius 3 is 2.77 bits per heavy atom. The molecular formula is C19H25N7O3S. The molecule has 3 heterocycles. The molecule has 3 aromatic rings. The Bertz CT molecular complexity index is 1130. The van der Waals surface area contributed by atoms with Crippen LogP contribution in [0.5, 0.6) is 0 Å². The van der Waals surface area contributed by atoms with Crippen molar-refractivity contribution < 1.29 is 13.2 Å². The number of sulfonamides is 1. The van der Waals surface area contributed by atoms with Gasteiger partial charge in [-0.2, -0.15) is 14.4 Å². The second kappa shape index (κ2) is 8.52. The Balaban J connectivity index is 1.58. The van der Waals surface area contributed by atoms with Crippen LogP contribution < -0.4 is 5.32 Å². The molecule has 0 bridgehead atoms. The average Bonchev–Trinajstić information content (AvgIpc) is 3.48. The minimum atomic E-state index is -3.50. The number of amides is 1. The smallest absolute Gasteiger partial charge is 0.243 e. The standard InChI is InChI=1S/C19H25N7O3S/c1-2-9-26-16-6-5-14(30(28,29)25-10-3-4-11-25)12-15(16)22-17(26)7-8-18(27)23-19-20-13-21-24-19/h5-6,12-13H,2-4,7-11H2,1H3,(H2,20,21,23,24,27). The quantitative estimate of drug-likeness (QED) is 0.561. The topological polar surface area (TPSA) is 126 Å². The number of hydrogen-bond acceptors (Lipinski definition) is 6. The fourth-order valence-corrected chi connectivity index (χ4v) is 5.28. The molecule has 10 nitrogen and oxygen atoms in total. The highest BCUT2D eigenvalue weighted by Crippen LogP contribution is 2.25. The summed E-state index contributed by atoms with van der Waals surface area (Å²) in [5.74, 6) is 0.869. The molecule has 0 unspecified atom stereocenters. The van der Waals surface area contributed by atoms with Gasteiger partial charge in [0.05, 0.1) is 15.9 Å². The normalized spacial score (nSPS) is 15.1. The largest absolute Gasteiger partial charge is 0.328 e. The van der Waals surface area contributed by atoms with E-state index < -0.39 is 10.0 Å². The molecule has 0 saturated carbocycles. The predicted octanol–water partition coefficient (Wildman–Crippen LogP) is 1.92. The lowest BCUT2D eigenvalue weighted by Crippen LogP contribution is -2.27. The Morgan fingerprint density at radius 1 is 1.27 bits per heavy atom. The van der Waals surface area contributed by atoms with Gasteiger partial charge in [-0.15, -0.1) is 0 Å². The highest BCUT2D eigenvalue weighted by Gasteiger charge is 2.27. The van der Waals surface area contributed by atoms with E-state index in [0.29, 0.717) is 31.0 Å². The van der Waals surface area contributed by atoms with E-state index in [2.05, 4.69) is 37.0 Å². The summed E-state index contributed by atoms with van der Waals surface area (Å²) in [4.78, 5) is 21.0. The fourth-order valence-electron chi connectivity index (χ4n) is 3.75. The number of fused-ring (bicyclic) bond motifs is 1. The van der Waals surface area contributed by atoms with Crippen molar-refractivity contribution in [2.75, 3.05) is 18.4 Å². The molecule has 2 N–H and O–H groups in total. The van der Waals surface area contributed by atoms with E-state index in [0.717, 1.165) is 37.1 Å². The minimum absolute atomic E-state index is 0.195. The Labute approximate surface area is 174 Å². The highest BCUT2D eigenvalue weighted by molar-refractivity contribution is 7.89. The summed E-state index contributed by atoms with van der Waals surface area (Å²) in [5.41, 5.74) is 1.51. The summed E-state index contributed by atoms with van der Waals surface area (Å²) in [5, 5.41) is 8.93. The van der Waals surface area contributed by atoms with Crippen LogP contribution in [-0.4, -0.2) is 56.5 Å². The first-order chi connectivity index (χ1) is 14.5. The second-order valence-electron chi connectivity index (χ2n) is 7.32. The van der Waals surface area contributed by atoms with E-state index in [1.807, 2.05) is 6.07 Å². The third-order valence-electron chi connectivity index (χ3n) is 5.20. The second-order valence-corrected chi connectivity index (χ2v) is 9.26. The molecule has 2 aromatic heterocycles. The van der Waals surface area contributed by atoms with Gasteiger partial charge in [0, 0.05) is 32.5 Å². The third kappa shape index (κ3) is 4.08. The summed E-state index contributed by atoms with van der Waals surface area (Å²) in [6, 6.07) is 5.12. The molecule has 0 atom stereocenters. The molecule has 160 valence electrons. The number of nitrogens with one attached hydrogen (secondary N) is 2. The molecule has 0 radical (unpaired) electrons. The van der Waals surface area contributed by atoms with Gasteiger partial charge in [-0.3, -0.25) is 10.1 Å². The number of nitrogens with zero attached hydrogens (tertiary/aromatic N) is 5. The van der Waals surface area contributed by atoms with Crippen molar-refractivity contribution in [1.82, 2.24) is 29.0 Å². The van der Waals surface area contributed by atoms with Gasteiger partial charge in [-0.25, -0.2) is 18.5 Å². The van der Waals surface area contributed by atoms with Crippen molar-refractivity contribution in [1.29, 1.82) is 0 Å². The minimum Gasteiger partial charge on any atom is -0.328 e.